The summed E-state index contributed by atoms with van der Waals surface area (Å²) >= 11 is 0. The number of carbonyl (C=O) groups excluding carboxylic acids is 1. The van der Waals surface area contributed by atoms with Crippen molar-refractivity contribution in [1.82, 2.24) is 10.3 Å². The number of hydrogen-bond donors (Lipinski definition) is 1. The molecule has 0 fully saturated rings. The SMILES string of the molecule is CC(C)C(C)(C)NC(=O)C=CC=CCCCCCCCOc1ccc2ccccc2n1. The summed E-state index contributed by atoms with van der Waals surface area (Å²) in [6.07, 6.45) is 14.4. The Morgan fingerprint density at radius 1 is 1.03 bits per heavy atom. The maximum absolute atomic E-state index is 11.9. The molecular formula is C27H38N2O2. The lowest BCUT2D eigenvalue weighted by Crippen LogP contribution is -2.46. The molecule has 2 aromatic rings. The van der Waals surface area contributed by atoms with Gasteiger partial charge in [0.2, 0.25) is 11.8 Å². The molecule has 0 saturated carbocycles. The number of hydrogen-bond acceptors (Lipinski definition) is 3. The van der Waals surface area contributed by atoms with Gasteiger partial charge in [-0.2, -0.15) is 0 Å². The molecule has 1 aromatic heterocycles. The summed E-state index contributed by atoms with van der Waals surface area (Å²) in [5.41, 5.74) is 0.783. The maximum Gasteiger partial charge on any atom is 0.244 e. The first-order chi connectivity index (χ1) is 14.9. The van der Waals surface area contributed by atoms with Gasteiger partial charge in [0.15, 0.2) is 0 Å². The zero-order valence-corrected chi connectivity index (χ0v) is 19.6. The smallest absolute Gasteiger partial charge is 0.244 e. The summed E-state index contributed by atoms with van der Waals surface area (Å²) in [6.45, 7) is 9.03. The number of pyridine rings is 1. The summed E-state index contributed by atoms with van der Waals surface area (Å²) < 4.78 is 5.79. The van der Waals surface area contributed by atoms with Crippen molar-refractivity contribution < 1.29 is 9.53 Å². The predicted molar refractivity (Wildman–Crippen MR) is 130 cm³/mol. The largest absolute Gasteiger partial charge is 0.478 e. The van der Waals surface area contributed by atoms with Crippen LogP contribution in [0.15, 0.2) is 60.7 Å². The second-order valence-electron chi connectivity index (χ2n) is 8.90. The molecule has 1 amide bonds. The van der Waals surface area contributed by atoms with Gasteiger partial charge in [0.05, 0.1) is 12.1 Å². The van der Waals surface area contributed by atoms with Crippen molar-refractivity contribution in [3.8, 4) is 5.88 Å². The minimum atomic E-state index is -0.192. The minimum absolute atomic E-state index is 0.0375. The van der Waals surface area contributed by atoms with Gasteiger partial charge in [-0.05, 0) is 51.2 Å². The molecule has 0 radical (unpaired) electrons. The number of para-hydroxylation sites is 1. The molecule has 1 heterocycles. The quantitative estimate of drug-likeness (QED) is 0.224. The van der Waals surface area contributed by atoms with Crippen LogP contribution >= 0.6 is 0 Å². The molecule has 0 aliphatic heterocycles. The van der Waals surface area contributed by atoms with Crippen molar-refractivity contribution in [2.45, 2.75) is 71.8 Å². The van der Waals surface area contributed by atoms with E-state index in [1.807, 2.05) is 50.3 Å². The Hall–Kier alpha value is -2.62. The van der Waals surface area contributed by atoms with E-state index in [1.165, 1.54) is 25.7 Å². The van der Waals surface area contributed by atoms with Crippen molar-refractivity contribution in [3.63, 3.8) is 0 Å². The van der Waals surface area contributed by atoms with Crippen LogP contribution in [0.1, 0.15) is 66.2 Å². The minimum Gasteiger partial charge on any atom is -0.478 e. The predicted octanol–water partition coefficient (Wildman–Crippen LogP) is 6.62. The van der Waals surface area contributed by atoms with Gasteiger partial charge in [-0.1, -0.05) is 69.5 Å². The fraction of sp³-hybridized carbons (Fsp3) is 0.481. The molecule has 1 N–H and O–H groups in total. The van der Waals surface area contributed by atoms with E-state index in [0.29, 0.717) is 18.4 Å². The molecule has 4 nitrogen and oxygen atoms in total. The maximum atomic E-state index is 11.9. The Labute approximate surface area is 187 Å². The monoisotopic (exact) mass is 422 g/mol. The summed E-state index contributed by atoms with van der Waals surface area (Å²) in [5, 5.41) is 4.17. The molecule has 0 atom stereocenters. The number of allylic oxidation sites excluding steroid dienone is 3. The van der Waals surface area contributed by atoms with Crippen LogP contribution in [0.2, 0.25) is 0 Å². The van der Waals surface area contributed by atoms with Crippen LogP contribution in [0.5, 0.6) is 5.88 Å². The molecular weight excluding hydrogens is 384 g/mol. The van der Waals surface area contributed by atoms with E-state index in [4.69, 9.17) is 4.74 Å². The molecule has 4 heteroatoms. The lowest BCUT2D eigenvalue weighted by atomic mass is 9.91. The topological polar surface area (TPSA) is 51.2 Å². The molecule has 168 valence electrons. The van der Waals surface area contributed by atoms with Gasteiger partial charge in [-0.15, -0.1) is 0 Å². The fourth-order valence-electron chi connectivity index (χ4n) is 3.02. The van der Waals surface area contributed by atoms with Crippen LogP contribution in [0.4, 0.5) is 0 Å². The molecule has 0 spiro atoms. The molecule has 0 aliphatic rings. The highest BCUT2D eigenvalue weighted by Crippen LogP contribution is 2.17. The number of carbonyl (C=O) groups is 1. The van der Waals surface area contributed by atoms with Crippen molar-refractivity contribution in [3.05, 3.63) is 60.7 Å². The van der Waals surface area contributed by atoms with E-state index in [1.54, 1.807) is 6.08 Å². The molecule has 31 heavy (non-hydrogen) atoms. The van der Waals surface area contributed by atoms with Gasteiger partial charge >= 0.3 is 0 Å². The van der Waals surface area contributed by atoms with Crippen molar-refractivity contribution in [2.75, 3.05) is 6.61 Å². The van der Waals surface area contributed by atoms with E-state index < -0.39 is 0 Å². The molecule has 0 aliphatic carbocycles. The standard InChI is InChI=1S/C27H38N2O2/c1-22(2)27(3,4)29-25(30)18-12-10-8-6-5-7-9-11-15-21-31-26-20-19-23-16-13-14-17-24(23)28-26/h8,10,12-14,16-20,22H,5-7,9,11,15,21H2,1-4H3,(H,29,30). The van der Waals surface area contributed by atoms with Crippen LogP contribution in [-0.4, -0.2) is 23.0 Å². The lowest BCUT2D eigenvalue weighted by molar-refractivity contribution is -0.118. The Balaban J connectivity index is 1.49. The number of benzene rings is 1. The van der Waals surface area contributed by atoms with Crippen molar-refractivity contribution in [2.24, 2.45) is 5.92 Å². The Morgan fingerprint density at radius 3 is 2.58 bits per heavy atom. The number of rotatable bonds is 13. The second kappa shape index (κ2) is 12.9. The van der Waals surface area contributed by atoms with Crippen molar-refractivity contribution in [1.29, 1.82) is 0 Å². The Bertz CT molecular complexity index is 868. The van der Waals surface area contributed by atoms with E-state index in [0.717, 1.165) is 23.7 Å². The third-order valence-electron chi connectivity index (χ3n) is 5.72. The average molecular weight is 423 g/mol. The van der Waals surface area contributed by atoms with Crippen LogP contribution < -0.4 is 10.1 Å². The number of fused-ring (bicyclic) bond motifs is 1. The van der Waals surface area contributed by atoms with Gasteiger partial charge in [0.1, 0.15) is 0 Å². The average Bonchev–Trinajstić information content (AvgIpc) is 2.74. The normalized spacial score (nSPS) is 12.3. The lowest BCUT2D eigenvalue weighted by Gasteiger charge is -2.29. The Kier molecular flexibility index (Phi) is 10.3. The van der Waals surface area contributed by atoms with Gasteiger partial charge in [0, 0.05) is 23.1 Å². The van der Waals surface area contributed by atoms with E-state index in [9.17, 15) is 4.79 Å². The second-order valence-corrected chi connectivity index (χ2v) is 8.90. The third-order valence-corrected chi connectivity index (χ3v) is 5.72. The molecule has 0 unspecified atom stereocenters. The number of nitrogens with zero attached hydrogens (tertiary/aromatic N) is 1. The van der Waals surface area contributed by atoms with Crippen LogP contribution in [0, 0.1) is 5.92 Å². The first kappa shape index (κ1) is 24.6. The summed E-state index contributed by atoms with van der Waals surface area (Å²) in [4.78, 5) is 16.5. The van der Waals surface area contributed by atoms with E-state index >= 15 is 0 Å². The summed E-state index contributed by atoms with van der Waals surface area (Å²) in [5.74, 6) is 1.06. The van der Waals surface area contributed by atoms with Crippen LogP contribution in [0.25, 0.3) is 10.9 Å². The molecule has 0 saturated heterocycles. The number of unbranched alkanes of at least 4 members (excludes halogenated alkanes) is 5. The highest BCUT2D eigenvalue weighted by molar-refractivity contribution is 5.88. The molecule has 2 rings (SSSR count). The number of ether oxygens (including phenoxy) is 1. The number of aromatic nitrogens is 1. The van der Waals surface area contributed by atoms with Gasteiger partial charge in [-0.25, -0.2) is 4.98 Å². The van der Waals surface area contributed by atoms with Crippen LogP contribution in [-0.2, 0) is 4.79 Å². The van der Waals surface area contributed by atoms with E-state index in [-0.39, 0.29) is 11.4 Å². The summed E-state index contributed by atoms with van der Waals surface area (Å²) in [7, 11) is 0. The zero-order valence-electron chi connectivity index (χ0n) is 19.6. The fourth-order valence-corrected chi connectivity index (χ4v) is 3.02. The van der Waals surface area contributed by atoms with E-state index in [2.05, 4.69) is 42.4 Å². The summed E-state index contributed by atoms with van der Waals surface area (Å²) in [6, 6.07) is 12.1. The van der Waals surface area contributed by atoms with Gasteiger partial charge in [0.25, 0.3) is 0 Å². The molecule has 1 aromatic carbocycles. The van der Waals surface area contributed by atoms with Gasteiger partial charge < -0.3 is 10.1 Å². The Morgan fingerprint density at radius 2 is 1.77 bits per heavy atom. The third kappa shape index (κ3) is 9.37. The first-order valence-corrected chi connectivity index (χ1v) is 11.5. The number of nitrogens with one attached hydrogen (secondary N) is 1. The highest BCUT2D eigenvalue weighted by atomic mass is 16.5. The van der Waals surface area contributed by atoms with Crippen LogP contribution in [0.3, 0.4) is 0 Å². The number of amides is 1. The van der Waals surface area contributed by atoms with Gasteiger partial charge in [-0.3, -0.25) is 4.79 Å². The zero-order chi connectivity index (χ0) is 22.5. The highest BCUT2D eigenvalue weighted by Gasteiger charge is 2.22. The van der Waals surface area contributed by atoms with Crippen molar-refractivity contribution >= 4 is 16.8 Å². The first-order valence-electron chi connectivity index (χ1n) is 11.5. The molecule has 0 bridgehead atoms.